The zero-order chi connectivity index (χ0) is 26.8. The van der Waals surface area contributed by atoms with E-state index in [-0.39, 0.29) is 23.6 Å². The SMILES string of the molecule is CC(C)(C)C1C(COc2cc(B3OC(C)(C)C(C)(C)O3)cc3c2cnn3C2CCCCO2)CN1C(=O)O. The fourth-order valence-corrected chi connectivity index (χ4v) is 5.81. The van der Waals surface area contributed by atoms with E-state index in [2.05, 4.69) is 26.8 Å². The van der Waals surface area contributed by atoms with Crippen LogP contribution in [-0.4, -0.2) is 70.0 Å². The van der Waals surface area contributed by atoms with Crippen LogP contribution in [0.15, 0.2) is 18.3 Å². The number of ether oxygens (including phenoxy) is 2. The van der Waals surface area contributed by atoms with E-state index in [1.807, 2.05) is 44.6 Å². The summed E-state index contributed by atoms with van der Waals surface area (Å²) in [6, 6.07) is 3.95. The van der Waals surface area contributed by atoms with Crippen molar-refractivity contribution in [3.05, 3.63) is 18.3 Å². The Labute approximate surface area is 219 Å². The van der Waals surface area contributed by atoms with Gasteiger partial charge in [-0.3, -0.25) is 0 Å². The van der Waals surface area contributed by atoms with Crippen molar-refractivity contribution in [2.75, 3.05) is 19.8 Å². The first-order valence-corrected chi connectivity index (χ1v) is 13.4. The molecule has 10 heteroatoms. The topological polar surface area (TPSA) is 95.3 Å². The van der Waals surface area contributed by atoms with Crippen LogP contribution in [0.1, 0.15) is 74.0 Å². The van der Waals surface area contributed by atoms with Crippen LogP contribution in [0.25, 0.3) is 10.9 Å². The number of fused-ring (bicyclic) bond motifs is 1. The van der Waals surface area contributed by atoms with E-state index >= 15 is 0 Å². The summed E-state index contributed by atoms with van der Waals surface area (Å²) in [6.07, 6.45) is 3.91. The minimum absolute atomic E-state index is 0.100. The Hall–Kier alpha value is -2.30. The molecule has 3 aliphatic rings. The standard InChI is InChI=1S/C27H40BN3O6/c1-25(2,3)23-17(15-30(23)24(32)33)16-35-21-13-18(28-36-26(4,5)27(6,7)37-28)12-20-19(21)14-29-31(20)22-10-8-9-11-34-22/h12-14,17,22-23H,8-11,15-16H2,1-7H3,(H,32,33). The van der Waals surface area contributed by atoms with Crippen molar-refractivity contribution < 1.29 is 28.7 Å². The van der Waals surface area contributed by atoms with Crippen molar-refractivity contribution in [2.45, 2.75) is 91.2 Å². The van der Waals surface area contributed by atoms with Crippen LogP contribution in [0.4, 0.5) is 4.79 Å². The van der Waals surface area contributed by atoms with Gasteiger partial charge in [-0.15, -0.1) is 0 Å². The second-order valence-electron chi connectivity index (χ2n) is 12.8. The molecule has 0 radical (unpaired) electrons. The van der Waals surface area contributed by atoms with Crippen LogP contribution in [0, 0.1) is 11.3 Å². The van der Waals surface area contributed by atoms with Gasteiger partial charge < -0.3 is 28.8 Å². The second-order valence-corrected chi connectivity index (χ2v) is 12.8. The van der Waals surface area contributed by atoms with Gasteiger partial charge in [-0.1, -0.05) is 20.8 Å². The zero-order valence-electron chi connectivity index (χ0n) is 23.1. The van der Waals surface area contributed by atoms with Gasteiger partial charge in [-0.05, 0) is 70.0 Å². The molecule has 202 valence electrons. The average Bonchev–Trinajstić information content (AvgIpc) is 3.29. The number of rotatable bonds is 5. The monoisotopic (exact) mass is 513 g/mol. The molecule has 1 amide bonds. The third kappa shape index (κ3) is 4.72. The highest BCUT2D eigenvalue weighted by molar-refractivity contribution is 6.62. The minimum Gasteiger partial charge on any atom is -0.492 e. The van der Waals surface area contributed by atoms with Crippen LogP contribution in [0.2, 0.25) is 0 Å². The Kier molecular flexibility index (Phi) is 6.52. The number of nitrogens with zero attached hydrogens (tertiary/aromatic N) is 3. The number of hydrogen-bond acceptors (Lipinski definition) is 6. The van der Waals surface area contributed by atoms with Crippen LogP contribution in [0.3, 0.4) is 0 Å². The van der Waals surface area contributed by atoms with Gasteiger partial charge in [0.15, 0.2) is 6.23 Å². The largest absolute Gasteiger partial charge is 0.495 e. The predicted molar refractivity (Wildman–Crippen MR) is 141 cm³/mol. The zero-order valence-corrected chi connectivity index (χ0v) is 23.1. The lowest BCUT2D eigenvalue weighted by Crippen LogP contribution is -2.64. The first-order chi connectivity index (χ1) is 17.3. The Morgan fingerprint density at radius 3 is 2.49 bits per heavy atom. The fourth-order valence-electron chi connectivity index (χ4n) is 5.81. The van der Waals surface area contributed by atoms with E-state index in [0.29, 0.717) is 18.9 Å². The highest BCUT2D eigenvalue weighted by Gasteiger charge is 2.52. The number of benzene rings is 1. The quantitative estimate of drug-likeness (QED) is 0.591. The molecule has 3 saturated heterocycles. The predicted octanol–water partition coefficient (Wildman–Crippen LogP) is 4.44. The van der Waals surface area contributed by atoms with Gasteiger partial charge in [0.05, 0.1) is 34.9 Å². The maximum Gasteiger partial charge on any atom is 0.495 e. The van der Waals surface area contributed by atoms with E-state index in [9.17, 15) is 9.90 Å². The first-order valence-electron chi connectivity index (χ1n) is 13.4. The first kappa shape index (κ1) is 26.3. The van der Waals surface area contributed by atoms with E-state index in [1.165, 1.54) is 4.90 Å². The van der Waals surface area contributed by atoms with Crippen molar-refractivity contribution in [1.29, 1.82) is 0 Å². The van der Waals surface area contributed by atoms with Gasteiger partial charge in [0, 0.05) is 25.1 Å². The summed E-state index contributed by atoms with van der Waals surface area (Å²) >= 11 is 0. The second kappa shape index (κ2) is 9.17. The van der Waals surface area contributed by atoms with Crippen molar-refractivity contribution in [3.8, 4) is 5.75 Å². The summed E-state index contributed by atoms with van der Waals surface area (Å²) in [5.74, 6) is 0.800. The highest BCUT2D eigenvalue weighted by Crippen LogP contribution is 2.40. The Bertz CT molecular complexity index is 1150. The van der Waals surface area contributed by atoms with Gasteiger partial charge in [0.25, 0.3) is 0 Å². The number of carbonyl (C=O) groups is 1. The minimum atomic E-state index is -0.880. The van der Waals surface area contributed by atoms with E-state index in [4.69, 9.17) is 23.9 Å². The molecule has 0 aliphatic carbocycles. The molecule has 1 aromatic heterocycles. The van der Waals surface area contributed by atoms with Crippen LogP contribution in [-0.2, 0) is 14.0 Å². The molecule has 3 fully saturated rings. The lowest BCUT2D eigenvalue weighted by atomic mass is 9.72. The lowest BCUT2D eigenvalue weighted by molar-refractivity contribution is -0.0510. The molecule has 0 spiro atoms. The number of carboxylic acid groups (broad SMARTS) is 1. The van der Waals surface area contributed by atoms with Crippen molar-refractivity contribution in [1.82, 2.24) is 14.7 Å². The Morgan fingerprint density at radius 2 is 1.89 bits per heavy atom. The summed E-state index contributed by atoms with van der Waals surface area (Å²) in [4.78, 5) is 13.2. The Balaban J connectivity index is 1.47. The normalized spacial score (nSPS) is 27.4. The van der Waals surface area contributed by atoms with E-state index in [0.717, 1.165) is 42.2 Å². The Morgan fingerprint density at radius 1 is 1.19 bits per heavy atom. The van der Waals surface area contributed by atoms with E-state index < -0.39 is 24.4 Å². The summed E-state index contributed by atoms with van der Waals surface area (Å²) in [6.45, 7) is 16.0. The van der Waals surface area contributed by atoms with E-state index in [1.54, 1.807) is 0 Å². The summed E-state index contributed by atoms with van der Waals surface area (Å²) in [5, 5.41) is 15.2. The number of aromatic nitrogens is 2. The molecule has 37 heavy (non-hydrogen) atoms. The fraction of sp³-hybridized carbons (Fsp3) is 0.704. The number of likely N-dealkylation sites (tertiary alicyclic amines) is 1. The van der Waals surface area contributed by atoms with Crippen LogP contribution >= 0.6 is 0 Å². The lowest BCUT2D eigenvalue weighted by Gasteiger charge is -2.52. The maximum absolute atomic E-state index is 11.7. The third-order valence-corrected chi connectivity index (χ3v) is 8.45. The molecule has 1 aromatic carbocycles. The molecular formula is C27H40BN3O6. The molecule has 1 N–H and O–H groups in total. The molecular weight excluding hydrogens is 473 g/mol. The maximum atomic E-state index is 11.7. The van der Waals surface area contributed by atoms with Crippen molar-refractivity contribution >= 4 is 29.6 Å². The highest BCUT2D eigenvalue weighted by atomic mass is 16.7. The van der Waals surface area contributed by atoms with Crippen LogP contribution in [0.5, 0.6) is 5.75 Å². The summed E-state index contributed by atoms with van der Waals surface area (Å²) in [7, 11) is -0.541. The van der Waals surface area contributed by atoms with Crippen LogP contribution < -0.4 is 10.2 Å². The third-order valence-electron chi connectivity index (χ3n) is 8.45. The summed E-state index contributed by atoms with van der Waals surface area (Å²) in [5.41, 5.74) is 0.668. The van der Waals surface area contributed by atoms with Gasteiger partial charge in [0.2, 0.25) is 0 Å². The molecule has 0 bridgehead atoms. The molecule has 9 nitrogen and oxygen atoms in total. The molecule has 0 saturated carbocycles. The van der Waals surface area contributed by atoms with Crippen molar-refractivity contribution in [2.24, 2.45) is 11.3 Å². The molecule has 5 rings (SSSR count). The van der Waals surface area contributed by atoms with Gasteiger partial charge in [0.1, 0.15) is 5.75 Å². The average molecular weight is 513 g/mol. The smallest absolute Gasteiger partial charge is 0.492 e. The molecule has 4 heterocycles. The molecule has 3 atom stereocenters. The van der Waals surface area contributed by atoms with Crippen molar-refractivity contribution in [3.63, 3.8) is 0 Å². The van der Waals surface area contributed by atoms with Gasteiger partial charge in [-0.2, -0.15) is 5.10 Å². The molecule has 3 aliphatic heterocycles. The van der Waals surface area contributed by atoms with Gasteiger partial charge in [-0.25, -0.2) is 9.48 Å². The number of amides is 1. The molecule has 2 aromatic rings. The number of hydrogen-bond donors (Lipinski definition) is 1. The molecule has 3 unspecified atom stereocenters. The van der Waals surface area contributed by atoms with Gasteiger partial charge >= 0.3 is 13.2 Å². The summed E-state index contributed by atoms with van der Waals surface area (Å²) < 4.78 is 27.2.